The van der Waals surface area contributed by atoms with Gasteiger partial charge in [-0.25, -0.2) is 4.79 Å². The minimum absolute atomic E-state index is 0.178. The van der Waals surface area contributed by atoms with Crippen LogP contribution in [-0.4, -0.2) is 66.5 Å². The number of morpholine rings is 1. The number of amides is 4. The van der Waals surface area contributed by atoms with E-state index in [-0.39, 0.29) is 12.6 Å². The topological polar surface area (TPSA) is 79.0 Å². The van der Waals surface area contributed by atoms with Gasteiger partial charge in [0.2, 0.25) is 11.8 Å². The normalized spacial score (nSPS) is 27.6. The maximum absolute atomic E-state index is 12.3. The largest absolute Gasteiger partial charge is 0.374 e. The average Bonchev–Trinajstić information content (AvgIpc) is 2.42. The zero-order chi connectivity index (χ0) is 14.9. The number of rotatable bonds is 3. The molecule has 2 aliphatic heterocycles. The van der Waals surface area contributed by atoms with Gasteiger partial charge in [-0.3, -0.25) is 24.7 Å². The average molecular weight is 283 g/mol. The Morgan fingerprint density at radius 1 is 1.35 bits per heavy atom. The van der Waals surface area contributed by atoms with Gasteiger partial charge in [0.15, 0.2) is 0 Å². The number of carbonyl (C=O) groups is 3. The summed E-state index contributed by atoms with van der Waals surface area (Å²) in [4.78, 5) is 39.0. The van der Waals surface area contributed by atoms with E-state index in [1.165, 1.54) is 13.8 Å². The Kier molecular flexibility index (Phi) is 4.10. The van der Waals surface area contributed by atoms with Crippen molar-refractivity contribution in [3.8, 4) is 0 Å². The lowest BCUT2D eigenvalue weighted by atomic mass is 9.88. The molecule has 1 unspecified atom stereocenters. The third-order valence-electron chi connectivity index (χ3n) is 3.87. The van der Waals surface area contributed by atoms with Gasteiger partial charge in [0, 0.05) is 13.1 Å². The summed E-state index contributed by atoms with van der Waals surface area (Å²) in [5, 5.41) is 2.22. The lowest BCUT2D eigenvalue weighted by Gasteiger charge is -2.38. The van der Waals surface area contributed by atoms with Crippen LogP contribution in [0.3, 0.4) is 0 Å². The molecular weight excluding hydrogens is 262 g/mol. The van der Waals surface area contributed by atoms with E-state index in [0.29, 0.717) is 13.2 Å². The number of hydrogen-bond acceptors (Lipinski definition) is 5. The Bertz CT molecular complexity index is 435. The lowest BCUT2D eigenvalue weighted by molar-refractivity contribution is -0.151. The molecule has 2 aliphatic rings. The van der Waals surface area contributed by atoms with Gasteiger partial charge in [-0.15, -0.1) is 0 Å². The highest BCUT2D eigenvalue weighted by atomic mass is 16.5. The first kappa shape index (κ1) is 14.9. The molecular formula is C13H21N3O4. The third kappa shape index (κ3) is 2.69. The Hall–Kier alpha value is -1.47. The summed E-state index contributed by atoms with van der Waals surface area (Å²) in [7, 11) is 0. The molecule has 1 N–H and O–H groups in total. The van der Waals surface area contributed by atoms with Crippen LogP contribution >= 0.6 is 0 Å². The van der Waals surface area contributed by atoms with Crippen molar-refractivity contribution < 1.29 is 19.1 Å². The summed E-state index contributed by atoms with van der Waals surface area (Å²) >= 11 is 0. The monoisotopic (exact) mass is 283 g/mol. The van der Waals surface area contributed by atoms with E-state index in [2.05, 4.69) is 17.1 Å². The molecule has 0 radical (unpaired) electrons. The molecule has 1 atom stereocenters. The van der Waals surface area contributed by atoms with Crippen molar-refractivity contribution in [3.63, 3.8) is 0 Å². The van der Waals surface area contributed by atoms with Gasteiger partial charge >= 0.3 is 6.03 Å². The van der Waals surface area contributed by atoms with Gasteiger partial charge in [0.25, 0.3) is 0 Å². The molecule has 2 saturated heterocycles. The fraction of sp³-hybridized carbons (Fsp3) is 0.769. The molecule has 4 amide bonds. The van der Waals surface area contributed by atoms with E-state index in [1.54, 1.807) is 0 Å². The zero-order valence-electron chi connectivity index (χ0n) is 12.1. The number of hydrogen-bond donors (Lipinski definition) is 1. The summed E-state index contributed by atoms with van der Waals surface area (Å²) in [6.45, 7) is 8.31. The van der Waals surface area contributed by atoms with Crippen molar-refractivity contribution >= 4 is 17.8 Å². The Morgan fingerprint density at radius 3 is 2.70 bits per heavy atom. The van der Waals surface area contributed by atoms with Crippen molar-refractivity contribution in [3.05, 3.63) is 0 Å². The van der Waals surface area contributed by atoms with E-state index >= 15 is 0 Å². The standard InChI is InChI=1S/C13H21N3O4/c1-4-15-5-6-20-9(7-15)8-16-11(18)13(2,3)10(17)14-12(16)19/h9H,4-8H2,1-3H3,(H,14,17,19). The van der Waals surface area contributed by atoms with Crippen molar-refractivity contribution in [1.82, 2.24) is 15.1 Å². The first-order valence-electron chi connectivity index (χ1n) is 6.87. The minimum atomic E-state index is -1.22. The number of urea groups is 1. The van der Waals surface area contributed by atoms with E-state index in [4.69, 9.17) is 4.74 Å². The van der Waals surface area contributed by atoms with Crippen LogP contribution in [0.1, 0.15) is 20.8 Å². The fourth-order valence-electron chi connectivity index (χ4n) is 2.40. The van der Waals surface area contributed by atoms with E-state index in [0.717, 1.165) is 18.0 Å². The predicted octanol–water partition coefficient (Wildman–Crippen LogP) is -0.188. The van der Waals surface area contributed by atoms with Crippen LogP contribution in [0.4, 0.5) is 4.79 Å². The van der Waals surface area contributed by atoms with Gasteiger partial charge in [0.05, 0.1) is 19.3 Å². The van der Waals surface area contributed by atoms with Gasteiger partial charge in [0.1, 0.15) is 5.41 Å². The summed E-state index contributed by atoms with van der Waals surface area (Å²) in [6.07, 6.45) is -0.206. The number of ether oxygens (including phenoxy) is 1. The van der Waals surface area contributed by atoms with Crippen LogP contribution in [0.15, 0.2) is 0 Å². The molecule has 2 rings (SSSR count). The number of likely N-dealkylation sites (N-methyl/N-ethyl adjacent to an activating group) is 1. The quantitative estimate of drug-likeness (QED) is 0.726. The van der Waals surface area contributed by atoms with Crippen LogP contribution < -0.4 is 5.32 Å². The summed E-state index contributed by atoms with van der Waals surface area (Å²) in [6, 6.07) is -0.656. The second-order valence-corrected chi connectivity index (χ2v) is 5.69. The Balaban J connectivity index is 2.06. The number of barbiturate groups is 1. The molecule has 7 heteroatoms. The molecule has 0 aromatic heterocycles. The molecule has 0 aromatic rings. The second kappa shape index (κ2) is 5.49. The predicted molar refractivity (Wildman–Crippen MR) is 70.9 cm³/mol. The Morgan fingerprint density at radius 2 is 2.05 bits per heavy atom. The van der Waals surface area contributed by atoms with Crippen LogP contribution in [-0.2, 0) is 14.3 Å². The molecule has 7 nitrogen and oxygen atoms in total. The Labute approximate surface area is 118 Å². The second-order valence-electron chi connectivity index (χ2n) is 5.69. The molecule has 0 bridgehead atoms. The smallest absolute Gasteiger partial charge is 0.330 e. The first-order chi connectivity index (χ1) is 9.36. The molecule has 0 saturated carbocycles. The van der Waals surface area contributed by atoms with Crippen LogP contribution in [0.5, 0.6) is 0 Å². The number of nitrogens with zero attached hydrogens (tertiary/aromatic N) is 2. The number of nitrogens with one attached hydrogen (secondary N) is 1. The maximum atomic E-state index is 12.3. The fourth-order valence-corrected chi connectivity index (χ4v) is 2.40. The molecule has 0 aliphatic carbocycles. The molecule has 20 heavy (non-hydrogen) atoms. The maximum Gasteiger partial charge on any atom is 0.330 e. The molecule has 2 fully saturated rings. The van der Waals surface area contributed by atoms with Crippen molar-refractivity contribution in [2.45, 2.75) is 26.9 Å². The van der Waals surface area contributed by atoms with E-state index in [1.807, 2.05) is 0 Å². The van der Waals surface area contributed by atoms with Gasteiger partial charge in [-0.2, -0.15) is 0 Å². The molecule has 112 valence electrons. The van der Waals surface area contributed by atoms with Gasteiger partial charge in [-0.1, -0.05) is 6.92 Å². The van der Waals surface area contributed by atoms with Crippen molar-refractivity contribution in [2.75, 3.05) is 32.8 Å². The highest BCUT2D eigenvalue weighted by molar-refractivity contribution is 6.18. The number of carbonyl (C=O) groups excluding carboxylic acids is 3. The highest BCUT2D eigenvalue weighted by Crippen LogP contribution is 2.24. The van der Waals surface area contributed by atoms with Crippen molar-refractivity contribution in [2.24, 2.45) is 5.41 Å². The first-order valence-corrected chi connectivity index (χ1v) is 6.87. The minimum Gasteiger partial charge on any atom is -0.374 e. The SMILES string of the molecule is CCN1CCOC(CN2C(=O)NC(=O)C(C)(C)C2=O)C1. The molecule has 2 heterocycles. The summed E-state index contributed by atoms with van der Waals surface area (Å²) < 4.78 is 5.60. The summed E-state index contributed by atoms with van der Waals surface area (Å²) in [5.74, 6) is -1.02. The third-order valence-corrected chi connectivity index (χ3v) is 3.87. The van der Waals surface area contributed by atoms with Crippen LogP contribution in [0.25, 0.3) is 0 Å². The van der Waals surface area contributed by atoms with E-state index in [9.17, 15) is 14.4 Å². The molecule has 0 spiro atoms. The lowest BCUT2D eigenvalue weighted by Crippen LogP contribution is -2.64. The highest BCUT2D eigenvalue weighted by Gasteiger charge is 2.47. The van der Waals surface area contributed by atoms with E-state index < -0.39 is 23.3 Å². The van der Waals surface area contributed by atoms with Crippen LogP contribution in [0, 0.1) is 5.41 Å². The van der Waals surface area contributed by atoms with Crippen LogP contribution in [0.2, 0.25) is 0 Å². The zero-order valence-corrected chi connectivity index (χ0v) is 12.1. The number of imide groups is 2. The van der Waals surface area contributed by atoms with Crippen molar-refractivity contribution in [1.29, 1.82) is 0 Å². The van der Waals surface area contributed by atoms with Gasteiger partial charge < -0.3 is 4.74 Å². The summed E-state index contributed by atoms with van der Waals surface area (Å²) in [5.41, 5.74) is -1.22. The van der Waals surface area contributed by atoms with Gasteiger partial charge in [-0.05, 0) is 20.4 Å². The molecule has 0 aromatic carbocycles.